The fourth-order valence-electron chi connectivity index (χ4n) is 4.25. The van der Waals surface area contributed by atoms with Crippen molar-refractivity contribution >= 4 is 16.9 Å². The van der Waals surface area contributed by atoms with Crippen LogP contribution in [0.2, 0.25) is 0 Å². The smallest absolute Gasteiger partial charge is 0.191 e. The van der Waals surface area contributed by atoms with Gasteiger partial charge in [-0.15, -0.1) is 0 Å². The number of H-pyrrole nitrogens is 1. The molecule has 2 bridgehead atoms. The highest BCUT2D eigenvalue weighted by atomic mass is 16.5. The van der Waals surface area contributed by atoms with Gasteiger partial charge in [0.1, 0.15) is 0 Å². The van der Waals surface area contributed by atoms with E-state index < -0.39 is 0 Å². The molecule has 2 aromatic rings. The molecule has 0 amide bonds. The topological polar surface area (TPSA) is 61.4 Å². The number of aromatic nitrogens is 1. The highest BCUT2D eigenvalue weighted by Crippen LogP contribution is 2.34. The highest BCUT2D eigenvalue weighted by molar-refractivity contribution is 5.86. The lowest BCUT2D eigenvalue weighted by Gasteiger charge is -2.22. The predicted octanol–water partition coefficient (Wildman–Crippen LogP) is 2.76. The molecule has 3 heterocycles. The first-order valence-corrected chi connectivity index (χ1v) is 9.49. The number of hydrogen-bond acceptors (Lipinski definition) is 2. The minimum absolute atomic E-state index is 0.365. The standard InChI is InChI=1S/C20H28N4O/c1-3-13-5-4-6-16-14(12-23-19(13)16)9-10-22-20(21-2)24-17-11-15-7-8-18(17)25-15/h4-6,12,15,17-18,23H,3,7-11H2,1-2H3,(H2,21,22,24). The average Bonchev–Trinajstić information content (AvgIpc) is 3.36. The maximum Gasteiger partial charge on any atom is 0.191 e. The third-order valence-electron chi connectivity index (χ3n) is 5.61. The second kappa shape index (κ2) is 7.08. The minimum atomic E-state index is 0.365. The molecule has 1 aromatic heterocycles. The van der Waals surface area contributed by atoms with Crippen molar-refractivity contribution in [1.82, 2.24) is 15.6 Å². The molecule has 4 rings (SSSR count). The second-order valence-electron chi connectivity index (χ2n) is 7.12. The van der Waals surface area contributed by atoms with Crippen molar-refractivity contribution in [3.8, 4) is 0 Å². The summed E-state index contributed by atoms with van der Waals surface area (Å²) >= 11 is 0. The molecule has 25 heavy (non-hydrogen) atoms. The van der Waals surface area contributed by atoms with Crippen LogP contribution in [0.4, 0.5) is 0 Å². The molecule has 3 atom stereocenters. The molecule has 2 saturated heterocycles. The van der Waals surface area contributed by atoms with Crippen LogP contribution in [0.1, 0.15) is 37.3 Å². The van der Waals surface area contributed by atoms with E-state index in [1.165, 1.54) is 34.9 Å². The van der Waals surface area contributed by atoms with Crippen molar-refractivity contribution in [2.24, 2.45) is 4.99 Å². The Bertz CT molecular complexity index is 766. The Kier molecular flexibility index (Phi) is 4.66. The van der Waals surface area contributed by atoms with E-state index in [0.29, 0.717) is 18.2 Å². The van der Waals surface area contributed by atoms with Crippen LogP contribution >= 0.6 is 0 Å². The molecule has 3 unspecified atom stereocenters. The summed E-state index contributed by atoms with van der Waals surface area (Å²) in [4.78, 5) is 7.82. The van der Waals surface area contributed by atoms with E-state index in [1.54, 1.807) is 0 Å². The van der Waals surface area contributed by atoms with Gasteiger partial charge in [-0.1, -0.05) is 25.1 Å². The first kappa shape index (κ1) is 16.5. The van der Waals surface area contributed by atoms with Gasteiger partial charge in [-0.25, -0.2) is 0 Å². The summed E-state index contributed by atoms with van der Waals surface area (Å²) in [6.45, 7) is 3.07. The maximum absolute atomic E-state index is 5.91. The van der Waals surface area contributed by atoms with Crippen molar-refractivity contribution < 1.29 is 4.74 Å². The number of aliphatic imine (C=N–C) groups is 1. The number of nitrogens with zero attached hydrogens (tertiary/aromatic N) is 1. The van der Waals surface area contributed by atoms with Crippen LogP contribution in [-0.4, -0.2) is 42.8 Å². The maximum atomic E-state index is 5.91. The lowest BCUT2D eigenvalue weighted by Crippen LogP contribution is -2.47. The molecular weight excluding hydrogens is 312 g/mol. The van der Waals surface area contributed by atoms with Gasteiger partial charge in [-0.3, -0.25) is 4.99 Å². The zero-order valence-corrected chi connectivity index (χ0v) is 15.1. The van der Waals surface area contributed by atoms with E-state index >= 15 is 0 Å². The Morgan fingerprint density at radius 2 is 2.24 bits per heavy atom. The van der Waals surface area contributed by atoms with Crippen molar-refractivity contribution in [1.29, 1.82) is 0 Å². The van der Waals surface area contributed by atoms with Crippen LogP contribution in [0, 0.1) is 0 Å². The zero-order valence-electron chi connectivity index (χ0n) is 15.1. The summed E-state index contributed by atoms with van der Waals surface area (Å²) in [5.74, 6) is 0.884. The van der Waals surface area contributed by atoms with Gasteiger partial charge in [0.15, 0.2) is 5.96 Å². The van der Waals surface area contributed by atoms with Crippen molar-refractivity contribution in [3.63, 3.8) is 0 Å². The summed E-state index contributed by atoms with van der Waals surface area (Å²) in [5, 5.41) is 8.33. The molecule has 0 aliphatic carbocycles. The van der Waals surface area contributed by atoms with Crippen molar-refractivity contribution in [2.45, 2.75) is 57.3 Å². The number of benzene rings is 1. The van der Waals surface area contributed by atoms with E-state index in [1.807, 2.05) is 7.05 Å². The van der Waals surface area contributed by atoms with Gasteiger partial charge in [0.05, 0.1) is 18.2 Å². The molecule has 134 valence electrons. The highest BCUT2D eigenvalue weighted by Gasteiger charge is 2.41. The summed E-state index contributed by atoms with van der Waals surface area (Å²) in [5.41, 5.74) is 4.02. The Labute approximate surface area is 149 Å². The molecular formula is C20H28N4O. The van der Waals surface area contributed by atoms with E-state index in [9.17, 15) is 0 Å². The van der Waals surface area contributed by atoms with Gasteiger partial charge in [-0.05, 0) is 43.2 Å². The van der Waals surface area contributed by atoms with E-state index in [4.69, 9.17) is 4.74 Å². The minimum Gasteiger partial charge on any atom is -0.373 e. The lowest BCUT2D eigenvalue weighted by molar-refractivity contribution is 0.0992. The van der Waals surface area contributed by atoms with Gasteiger partial charge in [0, 0.05) is 30.7 Å². The average molecular weight is 340 g/mol. The number of guanidine groups is 1. The van der Waals surface area contributed by atoms with Gasteiger partial charge in [0.2, 0.25) is 0 Å². The Morgan fingerprint density at radius 3 is 2.96 bits per heavy atom. The molecule has 5 heteroatoms. The van der Waals surface area contributed by atoms with Crippen LogP contribution in [0.5, 0.6) is 0 Å². The zero-order chi connectivity index (χ0) is 17.2. The Morgan fingerprint density at radius 1 is 1.32 bits per heavy atom. The third-order valence-corrected chi connectivity index (χ3v) is 5.61. The van der Waals surface area contributed by atoms with Crippen LogP contribution < -0.4 is 10.6 Å². The van der Waals surface area contributed by atoms with Crippen LogP contribution in [0.15, 0.2) is 29.4 Å². The molecule has 5 nitrogen and oxygen atoms in total. The summed E-state index contributed by atoms with van der Waals surface area (Å²) in [6, 6.07) is 6.97. The quantitative estimate of drug-likeness (QED) is 0.579. The van der Waals surface area contributed by atoms with Gasteiger partial charge < -0.3 is 20.4 Å². The molecule has 3 N–H and O–H groups in total. The van der Waals surface area contributed by atoms with Crippen molar-refractivity contribution in [3.05, 3.63) is 35.5 Å². The van der Waals surface area contributed by atoms with Crippen LogP contribution in [-0.2, 0) is 17.6 Å². The van der Waals surface area contributed by atoms with Gasteiger partial charge >= 0.3 is 0 Å². The molecule has 2 aliphatic rings. The first-order chi connectivity index (χ1) is 12.3. The van der Waals surface area contributed by atoms with Crippen LogP contribution in [0.3, 0.4) is 0 Å². The largest absolute Gasteiger partial charge is 0.373 e. The van der Waals surface area contributed by atoms with E-state index in [2.05, 4.69) is 51.9 Å². The number of ether oxygens (including phenoxy) is 1. The van der Waals surface area contributed by atoms with E-state index in [-0.39, 0.29) is 0 Å². The number of nitrogens with one attached hydrogen (secondary N) is 3. The molecule has 2 fully saturated rings. The molecule has 1 aromatic carbocycles. The van der Waals surface area contributed by atoms with Gasteiger partial charge in [0.25, 0.3) is 0 Å². The third kappa shape index (κ3) is 3.25. The van der Waals surface area contributed by atoms with Crippen molar-refractivity contribution in [2.75, 3.05) is 13.6 Å². The lowest BCUT2D eigenvalue weighted by atomic mass is 9.96. The SMILES string of the molecule is CCc1cccc2c(CCNC(=NC)NC3CC4CCC3O4)c[nH]c12. The molecule has 0 radical (unpaired) electrons. The van der Waals surface area contributed by atoms with Crippen LogP contribution in [0.25, 0.3) is 10.9 Å². The monoisotopic (exact) mass is 340 g/mol. The first-order valence-electron chi connectivity index (χ1n) is 9.49. The predicted molar refractivity (Wildman–Crippen MR) is 102 cm³/mol. The number of fused-ring (bicyclic) bond motifs is 3. The number of hydrogen-bond donors (Lipinski definition) is 3. The summed E-state index contributed by atoms with van der Waals surface area (Å²) < 4.78 is 5.91. The Balaban J connectivity index is 1.34. The Hall–Kier alpha value is -2.01. The molecule has 0 spiro atoms. The number of aryl methyl sites for hydroxylation is 1. The number of rotatable bonds is 5. The second-order valence-corrected chi connectivity index (χ2v) is 7.12. The van der Waals surface area contributed by atoms with Gasteiger partial charge in [-0.2, -0.15) is 0 Å². The summed E-state index contributed by atoms with van der Waals surface area (Å²) in [7, 11) is 1.84. The molecule has 0 saturated carbocycles. The number of para-hydroxylation sites is 1. The number of aromatic amines is 1. The van der Waals surface area contributed by atoms with E-state index in [0.717, 1.165) is 31.8 Å². The summed E-state index contributed by atoms with van der Waals surface area (Å²) in [6.07, 6.45) is 8.49. The molecule has 2 aliphatic heterocycles. The fourth-order valence-corrected chi connectivity index (χ4v) is 4.25. The fraction of sp³-hybridized carbons (Fsp3) is 0.550. The normalized spacial score (nSPS) is 25.7.